The van der Waals surface area contributed by atoms with Crippen LogP contribution >= 0.6 is 38.9 Å². The van der Waals surface area contributed by atoms with Crippen molar-refractivity contribution in [3.63, 3.8) is 0 Å². The third-order valence-corrected chi connectivity index (χ3v) is 6.30. The second-order valence-corrected chi connectivity index (χ2v) is 7.45. The Balaban J connectivity index is 1.95. The van der Waals surface area contributed by atoms with Crippen LogP contribution in [0, 0.1) is 0 Å². The molecule has 1 aliphatic rings. The number of hydrogen-bond acceptors (Lipinski definition) is 2. The first-order valence-corrected chi connectivity index (χ1v) is 8.36. The summed E-state index contributed by atoms with van der Waals surface area (Å²) in [5, 5.41) is 10.7. The van der Waals surface area contributed by atoms with Gasteiger partial charge in [-0.3, -0.25) is 0 Å². The van der Waals surface area contributed by atoms with Crippen LogP contribution in [0.2, 0.25) is 4.34 Å². The van der Waals surface area contributed by atoms with Crippen molar-refractivity contribution in [1.29, 1.82) is 0 Å². The summed E-state index contributed by atoms with van der Waals surface area (Å²) in [4.78, 5) is 0.943. The quantitative estimate of drug-likeness (QED) is 0.771. The highest BCUT2D eigenvalue weighted by Crippen LogP contribution is 2.44. The molecule has 1 nitrogen and oxygen atoms in total. The fraction of sp³-hybridized carbons (Fsp3) is 0.333. The van der Waals surface area contributed by atoms with Crippen LogP contribution in [0.4, 0.5) is 0 Å². The van der Waals surface area contributed by atoms with Crippen LogP contribution in [0.3, 0.4) is 0 Å². The zero-order valence-electron chi connectivity index (χ0n) is 10.3. The minimum absolute atomic E-state index is 0.187. The van der Waals surface area contributed by atoms with Crippen LogP contribution in [-0.4, -0.2) is 5.11 Å². The number of thiophene rings is 1. The Morgan fingerprint density at radius 1 is 1.37 bits per heavy atom. The van der Waals surface area contributed by atoms with E-state index >= 15 is 0 Å². The number of aliphatic hydroxyl groups excluding tert-OH is 1. The maximum absolute atomic E-state index is 10.7. The first-order chi connectivity index (χ1) is 9.16. The van der Waals surface area contributed by atoms with Gasteiger partial charge in [-0.2, -0.15) is 0 Å². The topological polar surface area (TPSA) is 20.2 Å². The zero-order chi connectivity index (χ0) is 13.4. The molecule has 1 aromatic carbocycles. The van der Waals surface area contributed by atoms with Gasteiger partial charge in [0, 0.05) is 15.3 Å². The highest BCUT2D eigenvalue weighted by Gasteiger charge is 2.28. The van der Waals surface area contributed by atoms with Crippen molar-refractivity contribution in [3.8, 4) is 0 Å². The van der Waals surface area contributed by atoms with Gasteiger partial charge in [-0.15, -0.1) is 11.3 Å². The molecule has 100 valence electrons. The molecule has 0 amide bonds. The minimum atomic E-state index is -0.463. The standard InChI is InChI=1S/C15H14BrClOS/c16-12-8-13(19-15(12)17)14(18)11-7-3-5-9-4-1-2-6-10(9)11/h1-2,4,6,8,11,14,18H,3,5,7H2. The van der Waals surface area contributed by atoms with Crippen LogP contribution in [-0.2, 0) is 6.42 Å². The molecule has 1 aliphatic carbocycles. The van der Waals surface area contributed by atoms with Crippen LogP contribution < -0.4 is 0 Å². The average Bonchev–Trinajstić information content (AvgIpc) is 2.77. The van der Waals surface area contributed by atoms with Gasteiger partial charge in [0.2, 0.25) is 0 Å². The summed E-state index contributed by atoms with van der Waals surface area (Å²) in [7, 11) is 0. The van der Waals surface area contributed by atoms with Crippen molar-refractivity contribution in [1.82, 2.24) is 0 Å². The molecule has 19 heavy (non-hydrogen) atoms. The van der Waals surface area contributed by atoms with E-state index in [9.17, 15) is 5.11 Å². The van der Waals surface area contributed by atoms with Gasteiger partial charge >= 0.3 is 0 Å². The molecule has 4 heteroatoms. The molecule has 1 N–H and O–H groups in total. The Bertz CT molecular complexity index is 576. The van der Waals surface area contributed by atoms with E-state index in [1.54, 1.807) is 0 Å². The first kappa shape index (κ1) is 13.6. The van der Waals surface area contributed by atoms with Crippen molar-refractivity contribution in [2.75, 3.05) is 0 Å². The largest absolute Gasteiger partial charge is 0.387 e. The van der Waals surface area contributed by atoms with Gasteiger partial charge in [-0.1, -0.05) is 35.9 Å². The summed E-state index contributed by atoms with van der Waals surface area (Å²) in [5.41, 5.74) is 2.67. The summed E-state index contributed by atoms with van der Waals surface area (Å²) in [6.45, 7) is 0. The maximum Gasteiger partial charge on any atom is 0.107 e. The molecule has 0 saturated heterocycles. The van der Waals surface area contributed by atoms with Crippen LogP contribution in [0.1, 0.15) is 40.9 Å². The predicted molar refractivity (Wildman–Crippen MR) is 84.1 cm³/mol. The van der Waals surface area contributed by atoms with E-state index in [0.717, 1.165) is 28.6 Å². The molecule has 0 aliphatic heterocycles. The van der Waals surface area contributed by atoms with Gasteiger partial charge in [0.15, 0.2) is 0 Å². The minimum Gasteiger partial charge on any atom is -0.387 e. The molecule has 0 bridgehead atoms. The number of fused-ring (bicyclic) bond motifs is 1. The Morgan fingerprint density at radius 2 is 2.16 bits per heavy atom. The summed E-state index contributed by atoms with van der Waals surface area (Å²) in [6, 6.07) is 10.4. The molecule has 0 radical (unpaired) electrons. The van der Waals surface area contributed by atoms with Crippen LogP contribution in [0.25, 0.3) is 0 Å². The Labute approximate surface area is 130 Å². The normalized spacial score (nSPS) is 20.1. The average molecular weight is 358 g/mol. The molecule has 1 heterocycles. The molecule has 3 rings (SSSR count). The van der Waals surface area contributed by atoms with Gasteiger partial charge < -0.3 is 5.11 Å². The SMILES string of the molecule is OC(c1cc(Br)c(Cl)s1)C1CCCc2ccccc21. The summed E-state index contributed by atoms with van der Waals surface area (Å²) in [6.07, 6.45) is 2.83. The lowest BCUT2D eigenvalue weighted by molar-refractivity contribution is 0.139. The van der Waals surface area contributed by atoms with E-state index in [-0.39, 0.29) is 5.92 Å². The van der Waals surface area contributed by atoms with Crippen molar-refractivity contribution >= 4 is 38.9 Å². The van der Waals surface area contributed by atoms with Gasteiger partial charge in [-0.25, -0.2) is 0 Å². The van der Waals surface area contributed by atoms with Gasteiger partial charge in [0.05, 0.1) is 6.10 Å². The fourth-order valence-corrected chi connectivity index (χ4v) is 4.61. The van der Waals surface area contributed by atoms with Crippen LogP contribution in [0.5, 0.6) is 0 Å². The molecule has 2 aromatic rings. The number of halogens is 2. The number of benzene rings is 1. The third-order valence-electron chi connectivity index (χ3n) is 3.75. The number of aliphatic hydroxyl groups is 1. The number of rotatable bonds is 2. The molecular weight excluding hydrogens is 344 g/mol. The van der Waals surface area contributed by atoms with E-state index < -0.39 is 6.10 Å². The van der Waals surface area contributed by atoms with E-state index in [1.165, 1.54) is 22.5 Å². The third kappa shape index (κ3) is 2.62. The molecule has 2 atom stereocenters. The Kier molecular flexibility index (Phi) is 3.99. The monoisotopic (exact) mass is 356 g/mol. The molecule has 0 fully saturated rings. The van der Waals surface area contributed by atoms with Crippen molar-refractivity contribution in [2.24, 2.45) is 0 Å². The van der Waals surface area contributed by atoms with Gasteiger partial charge in [-0.05, 0) is 52.4 Å². The van der Waals surface area contributed by atoms with Crippen molar-refractivity contribution in [3.05, 3.63) is 55.1 Å². The summed E-state index contributed by atoms with van der Waals surface area (Å²) in [5.74, 6) is 0.187. The van der Waals surface area contributed by atoms with Gasteiger partial charge in [0.25, 0.3) is 0 Å². The molecule has 0 saturated carbocycles. The van der Waals surface area contributed by atoms with E-state index in [1.807, 2.05) is 6.07 Å². The molecule has 0 spiro atoms. The molecular formula is C15H14BrClOS. The van der Waals surface area contributed by atoms with Crippen molar-refractivity contribution < 1.29 is 5.11 Å². The molecule has 1 aromatic heterocycles. The summed E-state index contributed by atoms with van der Waals surface area (Å²) < 4.78 is 1.58. The van der Waals surface area contributed by atoms with E-state index in [4.69, 9.17) is 11.6 Å². The lowest BCUT2D eigenvalue weighted by Crippen LogP contribution is -2.16. The number of aryl methyl sites for hydroxylation is 1. The van der Waals surface area contributed by atoms with E-state index in [2.05, 4.69) is 40.2 Å². The Hall–Kier alpha value is -0.350. The second-order valence-electron chi connectivity index (χ2n) is 4.91. The van der Waals surface area contributed by atoms with Crippen molar-refractivity contribution in [2.45, 2.75) is 31.3 Å². The van der Waals surface area contributed by atoms with Gasteiger partial charge in [0.1, 0.15) is 4.34 Å². The van der Waals surface area contributed by atoms with Crippen LogP contribution in [0.15, 0.2) is 34.8 Å². The second kappa shape index (κ2) is 5.57. The maximum atomic E-state index is 10.7. The predicted octanol–water partition coefficient (Wildman–Crippen LogP) is 5.32. The lowest BCUT2D eigenvalue weighted by Gasteiger charge is -2.28. The zero-order valence-corrected chi connectivity index (χ0v) is 13.4. The van der Waals surface area contributed by atoms with E-state index in [0.29, 0.717) is 4.34 Å². The highest BCUT2D eigenvalue weighted by molar-refractivity contribution is 9.10. The first-order valence-electron chi connectivity index (χ1n) is 6.37. The smallest absolute Gasteiger partial charge is 0.107 e. The number of hydrogen-bond donors (Lipinski definition) is 1. The Morgan fingerprint density at radius 3 is 2.89 bits per heavy atom. The fourth-order valence-electron chi connectivity index (χ4n) is 2.83. The molecule has 2 unspecified atom stereocenters. The summed E-state index contributed by atoms with van der Waals surface area (Å²) >= 11 is 10.9. The highest BCUT2D eigenvalue weighted by atomic mass is 79.9. The lowest BCUT2D eigenvalue weighted by atomic mass is 9.79.